The third kappa shape index (κ3) is 2.03. The third-order valence-corrected chi connectivity index (χ3v) is 4.01. The molecule has 2 heterocycles. The number of aryl methyl sites for hydroxylation is 2. The quantitative estimate of drug-likeness (QED) is 0.814. The van der Waals surface area contributed by atoms with Crippen molar-refractivity contribution in [3.8, 4) is 22.8 Å². The van der Waals surface area contributed by atoms with Gasteiger partial charge in [0.15, 0.2) is 17.2 Å². The molecular formula is C16H18N2O4. The van der Waals surface area contributed by atoms with E-state index in [1.807, 2.05) is 23.6 Å². The number of benzene rings is 1. The lowest BCUT2D eigenvalue weighted by atomic mass is 9.96. The molecule has 2 aromatic rings. The van der Waals surface area contributed by atoms with Gasteiger partial charge in [-0.3, -0.25) is 0 Å². The van der Waals surface area contributed by atoms with E-state index < -0.39 is 5.97 Å². The molecule has 6 heteroatoms. The van der Waals surface area contributed by atoms with E-state index in [0.717, 1.165) is 35.6 Å². The van der Waals surface area contributed by atoms with Gasteiger partial charge in [0.2, 0.25) is 0 Å². The number of nitrogens with zero attached hydrogens (tertiary/aromatic N) is 2. The SMILES string of the molecule is COC(=O)c1nc(C)n2c1-c1cc(OC)c(OC)cc1CC2. The molecule has 1 aromatic heterocycles. The number of hydrogen-bond donors (Lipinski definition) is 0. The average molecular weight is 302 g/mol. The van der Waals surface area contributed by atoms with E-state index in [2.05, 4.69) is 4.98 Å². The van der Waals surface area contributed by atoms with E-state index in [9.17, 15) is 4.79 Å². The first-order valence-corrected chi connectivity index (χ1v) is 7.01. The van der Waals surface area contributed by atoms with E-state index in [-0.39, 0.29) is 0 Å². The molecule has 0 spiro atoms. The van der Waals surface area contributed by atoms with Gasteiger partial charge in [-0.25, -0.2) is 9.78 Å². The standard InChI is InChI=1S/C16H18N2O4/c1-9-17-14(16(19)22-4)15-11-8-13(21-3)12(20-2)7-10(11)5-6-18(9)15/h7-8H,5-6H2,1-4H3. The number of carbonyl (C=O) groups excluding carboxylic acids is 1. The van der Waals surface area contributed by atoms with Crippen LogP contribution in [-0.4, -0.2) is 36.8 Å². The zero-order valence-electron chi connectivity index (χ0n) is 13.1. The number of hydrogen-bond acceptors (Lipinski definition) is 5. The van der Waals surface area contributed by atoms with Crippen LogP contribution in [0.3, 0.4) is 0 Å². The summed E-state index contributed by atoms with van der Waals surface area (Å²) >= 11 is 0. The molecule has 1 aliphatic rings. The fourth-order valence-electron chi connectivity index (χ4n) is 2.93. The summed E-state index contributed by atoms with van der Waals surface area (Å²) < 4.78 is 17.6. The van der Waals surface area contributed by atoms with Crippen molar-refractivity contribution in [2.45, 2.75) is 19.9 Å². The normalized spacial score (nSPS) is 12.4. The van der Waals surface area contributed by atoms with Gasteiger partial charge >= 0.3 is 5.97 Å². The summed E-state index contributed by atoms with van der Waals surface area (Å²) in [5.41, 5.74) is 3.17. The van der Waals surface area contributed by atoms with E-state index in [1.54, 1.807) is 14.2 Å². The van der Waals surface area contributed by atoms with E-state index in [1.165, 1.54) is 7.11 Å². The minimum absolute atomic E-state index is 0.341. The Hall–Kier alpha value is -2.50. The first-order valence-electron chi connectivity index (χ1n) is 7.01. The second-order valence-electron chi connectivity index (χ2n) is 5.11. The van der Waals surface area contributed by atoms with Crippen molar-refractivity contribution >= 4 is 5.97 Å². The minimum Gasteiger partial charge on any atom is -0.493 e. The van der Waals surface area contributed by atoms with Crippen LogP contribution in [0.4, 0.5) is 0 Å². The maximum Gasteiger partial charge on any atom is 0.358 e. The Labute approximate surface area is 128 Å². The van der Waals surface area contributed by atoms with Crippen molar-refractivity contribution in [1.29, 1.82) is 0 Å². The van der Waals surface area contributed by atoms with Gasteiger partial charge in [-0.2, -0.15) is 0 Å². The molecule has 0 aliphatic carbocycles. The molecular weight excluding hydrogens is 284 g/mol. The third-order valence-electron chi connectivity index (χ3n) is 4.01. The lowest BCUT2D eigenvalue weighted by Gasteiger charge is -2.22. The molecule has 0 radical (unpaired) electrons. The van der Waals surface area contributed by atoms with Gasteiger partial charge in [0.25, 0.3) is 0 Å². The van der Waals surface area contributed by atoms with Gasteiger partial charge in [0, 0.05) is 12.1 Å². The number of aromatic nitrogens is 2. The van der Waals surface area contributed by atoms with Crippen molar-refractivity contribution in [2.75, 3.05) is 21.3 Å². The smallest absolute Gasteiger partial charge is 0.358 e. The first kappa shape index (κ1) is 14.4. The minimum atomic E-state index is -0.431. The first-order chi connectivity index (χ1) is 10.6. The molecule has 3 rings (SSSR count). The molecule has 0 atom stereocenters. The Morgan fingerprint density at radius 1 is 1.18 bits per heavy atom. The molecule has 0 amide bonds. The molecule has 1 aliphatic heterocycles. The highest BCUT2D eigenvalue weighted by Crippen LogP contribution is 2.40. The van der Waals surface area contributed by atoms with Crippen molar-refractivity contribution in [3.05, 3.63) is 29.2 Å². The molecule has 0 saturated carbocycles. The number of esters is 1. The van der Waals surface area contributed by atoms with Gasteiger partial charge in [0.05, 0.1) is 27.0 Å². The summed E-state index contributed by atoms with van der Waals surface area (Å²) in [5, 5.41) is 0. The predicted molar refractivity (Wildman–Crippen MR) is 80.5 cm³/mol. The molecule has 0 unspecified atom stereocenters. The number of fused-ring (bicyclic) bond motifs is 3. The zero-order chi connectivity index (χ0) is 15.9. The number of carbonyl (C=O) groups is 1. The van der Waals surface area contributed by atoms with Crippen LogP contribution in [0.15, 0.2) is 12.1 Å². The van der Waals surface area contributed by atoms with Crippen LogP contribution in [0.1, 0.15) is 21.9 Å². The van der Waals surface area contributed by atoms with Crippen LogP contribution in [0.25, 0.3) is 11.3 Å². The Morgan fingerprint density at radius 2 is 1.86 bits per heavy atom. The van der Waals surface area contributed by atoms with Gasteiger partial charge in [-0.1, -0.05) is 0 Å². The number of ether oxygens (including phenoxy) is 3. The Balaban J connectivity index is 2.26. The largest absolute Gasteiger partial charge is 0.493 e. The molecule has 0 fully saturated rings. The van der Waals surface area contributed by atoms with Crippen molar-refractivity contribution in [1.82, 2.24) is 9.55 Å². The van der Waals surface area contributed by atoms with Crippen LogP contribution in [0.2, 0.25) is 0 Å². The van der Waals surface area contributed by atoms with Crippen LogP contribution in [-0.2, 0) is 17.7 Å². The highest BCUT2D eigenvalue weighted by molar-refractivity contribution is 5.95. The number of rotatable bonds is 3. The zero-order valence-corrected chi connectivity index (χ0v) is 13.1. The van der Waals surface area contributed by atoms with E-state index >= 15 is 0 Å². The molecule has 0 bridgehead atoms. The predicted octanol–water partition coefficient (Wildman–Crippen LogP) is 2.22. The maximum absolute atomic E-state index is 12.0. The fraction of sp³-hybridized carbons (Fsp3) is 0.375. The van der Waals surface area contributed by atoms with Crippen LogP contribution in [0.5, 0.6) is 11.5 Å². The monoisotopic (exact) mass is 302 g/mol. The fourth-order valence-corrected chi connectivity index (χ4v) is 2.93. The molecule has 1 aromatic carbocycles. The number of methoxy groups -OCH3 is 3. The Kier molecular flexibility index (Phi) is 3.52. The number of imidazole rings is 1. The van der Waals surface area contributed by atoms with Crippen molar-refractivity contribution in [3.63, 3.8) is 0 Å². The molecule has 116 valence electrons. The summed E-state index contributed by atoms with van der Waals surface area (Å²) in [5.74, 6) is 1.69. The van der Waals surface area contributed by atoms with Crippen molar-refractivity contribution in [2.24, 2.45) is 0 Å². The van der Waals surface area contributed by atoms with Crippen LogP contribution >= 0.6 is 0 Å². The second kappa shape index (κ2) is 5.36. The van der Waals surface area contributed by atoms with Crippen LogP contribution < -0.4 is 9.47 Å². The summed E-state index contributed by atoms with van der Waals surface area (Å²) in [6.45, 7) is 2.66. The summed E-state index contributed by atoms with van der Waals surface area (Å²) in [7, 11) is 4.57. The summed E-state index contributed by atoms with van der Waals surface area (Å²) in [6.07, 6.45) is 0.848. The summed E-state index contributed by atoms with van der Waals surface area (Å²) in [6, 6.07) is 3.85. The molecule has 0 saturated heterocycles. The molecule has 22 heavy (non-hydrogen) atoms. The summed E-state index contributed by atoms with van der Waals surface area (Å²) in [4.78, 5) is 16.4. The average Bonchev–Trinajstić information content (AvgIpc) is 2.90. The maximum atomic E-state index is 12.0. The van der Waals surface area contributed by atoms with Gasteiger partial charge in [0.1, 0.15) is 5.82 Å². The highest BCUT2D eigenvalue weighted by Gasteiger charge is 2.28. The Bertz CT molecular complexity index is 749. The van der Waals surface area contributed by atoms with E-state index in [4.69, 9.17) is 14.2 Å². The van der Waals surface area contributed by atoms with Crippen molar-refractivity contribution < 1.29 is 19.0 Å². The lowest BCUT2D eigenvalue weighted by Crippen LogP contribution is -2.14. The van der Waals surface area contributed by atoms with Gasteiger partial charge in [-0.15, -0.1) is 0 Å². The molecule has 6 nitrogen and oxygen atoms in total. The Morgan fingerprint density at radius 3 is 2.50 bits per heavy atom. The topological polar surface area (TPSA) is 62.6 Å². The second-order valence-corrected chi connectivity index (χ2v) is 5.11. The highest BCUT2D eigenvalue weighted by atomic mass is 16.5. The van der Waals surface area contributed by atoms with Crippen LogP contribution in [0, 0.1) is 6.92 Å². The van der Waals surface area contributed by atoms with Gasteiger partial charge in [-0.05, 0) is 31.0 Å². The molecule has 0 N–H and O–H groups in total. The van der Waals surface area contributed by atoms with Gasteiger partial charge < -0.3 is 18.8 Å². The lowest BCUT2D eigenvalue weighted by molar-refractivity contribution is 0.0595. The van der Waals surface area contributed by atoms with E-state index in [0.29, 0.717) is 17.2 Å².